The molecular weight excluding hydrogens is 444 g/mol. The second-order valence-corrected chi connectivity index (χ2v) is 7.47. The van der Waals surface area contributed by atoms with Gasteiger partial charge in [-0.15, -0.1) is 0 Å². The molecule has 1 aromatic heterocycles. The van der Waals surface area contributed by atoms with E-state index in [4.69, 9.17) is 19.2 Å². The van der Waals surface area contributed by atoms with Crippen molar-refractivity contribution in [3.05, 3.63) is 71.2 Å². The third kappa shape index (κ3) is 3.91. The van der Waals surface area contributed by atoms with Crippen LogP contribution >= 0.6 is 15.9 Å². The fourth-order valence-electron chi connectivity index (χ4n) is 3.25. The van der Waals surface area contributed by atoms with E-state index in [2.05, 4.69) is 20.9 Å². The van der Waals surface area contributed by atoms with Crippen LogP contribution in [-0.4, -0.2) is 31.3 Å². The van der Waals surface area contributed by atoms with E-state index in [1.807, 2.05) is 66.7 Å². The van der Waals surface area contributed by atoms with E-state index >= 15 is 0 Å². The van der Waals surface area contributed by atoms with E-state index in [1.165, 1.54) is 0 Å². The summed E-state index contributed by atoms with van der Waals surface area (Å²) < 4.78 is 16.8. The Bertz CT molecular complexity index is 1090. The molecule has 3 aromatic carbocycles. The van der Waals surface area contributed by atoms with Crippen LogP contribution in [0.3, 0.4) is 0 Å². The van der Waals surface area contributed by atoms with Crippen LogP contribution in [0.4, 0.5) is 0 Å². The fraction of sp³-hybridized carbons (Fsp3) is 0.125. The van der Waals surface area contributed by atoms with E-state index in [-0.39, 0.29) is 0 Å². The Kier molecular flexibility index (Phi) is 5.77. The van der Waals surface area contributed by atoms with Crippen LogP contribution in [0.2, 0.25) is 0 Å². The summed E-state index contributed by atoms with van der Waals surface area (Å²) >= 11 is 3.56. The molecule has 0 bridgehead atoms. The zero-order valence-corrected chi connectivity index (χ0v) is 18.5. The maximum Gasteiger partial charge on any atom is 0.138 e. The van der Waals surface area contributed by atoms with Crippen molar-refractivity contribution in [1.29, 1.82) is 0 Å². The van der Waals surface area contributed by atoms with Crippen LogP contribution in [0, 0.1) is 0 Å². The van der Waals surface area contributed by atoms with Crippen LogP contribution in [0.25, 0.3) is 33.9 Å². The number of benzene rings is 3. The van der Waals surface area contributed by atoms with Crippen LogP contribution in [-0.2, 0) is 0 Å². The Hall–Kier alpha value is -3.25. The predicted octanol–water partition coefficient (Wildman–Crippen LogP) is 6.20. The first-order valence-corrected chi connectivity index (χ1v) is 10.1. The molecule has 0 amide bonds. The summed E-state index contributed by atoms with van der Waals surface area (Å²) in [5.74, 6) is 3.16. The summed E-state index contributed by atoms with van der Waals surface area (Å²) in [5.41, 5.74) is 4.77. The Morgan fingerprint density at radius 2 is 1.27 bits per heavy atom. The van der Waals surface area contributed by atoms with Crippen molar-refractivity contribution >= 4 is 15.9 Å². The highest BCUT2D eigenvalue weighted by Crippen LogP contribution is 2.36. The van der Waals surface area contributed by atoms with E-state index < -0.39 is 0 Å². The number of hydrogen-bond acceptors (Lipinski definition) is 4. The summed E-state index contributed by atoms with van der Waals surface area (Å²) in [5, 5.41) is 0. The highest BCUT2D eigenvalue weighted by molar-refractivity contribution is 9.10. The zero-order valence-electron chi connectivity index (χ0n) is 16.9. The molecule has 30 heavy (non-hydrogen) atoms. The summed E-state index contributed by atoms with van der Waals surface area (Å²) in [6.45, 7) is 0. The molecular formula is C24H21BrN2O3. The third-order valence-electron chi connectivity index (χ3n) is 4.87. The maximum atomic E-state index is 5.35. The van der Waals surface area contributed by atoms with Gasteiger partial charge < -0.3 is 19.2 Å². The first kappa shape index (κ1) is 20.0. The Morgan fingerprint density at radius 1 is 0.700 bits per heavy atom. The molecule has 0 radical (unpaired) electrons. The van der Waals surface area contributed by atoms with Crippen molar-refractivity contribution < 1.29 is 14.2 Å². The van der Waals surface area contributed by atoms with Crippen LogP contribution in [0.5, 0.6) is 17.2 Å². The molecule has 0 unspecified atom stereocenters. The van der Waals surface area contributed by atoms with Crippen molar-refractivity contribution in [3.8, 4) is 51.2 Å². The van der Waals surface area contributed by atoms with Gasteiger partial charge in [0.2, 0.25) is 0 Å². The smallest absolute Gasteiger partial charge is 0.138 e. The van der Waals surface area contributed by atoms with Gasteiger partial charge in [-0.2, -0.15) is 0 Å². The number of hydrogen-bond donors (Lipinski definition) is 1. The molecule has 5 nitrogen and oxygen atoms in total. The van der Waals surface area contributed by atoms with Crippen LogP contribution in [0.1, 0.15) is 0 Å². The Balaban J connectivity index is 1.84. The quantitative estimate of drug-likeness (QED) is 0.369. The minimum Gasteiger partial charge on any atom is -0.497 e. The average Bonchev–Trinajstić information content (AvgIpc) is 3.24. The van der Waals surface area contributed by atoms with E-state index in [9.17, 15) is 0 Å². The average molecular weight is 465 g/mol. The minimum atomic E-state index is 0.773. The fourth-order valence-corrected chi connectivity index (χ4v) is 3.79. The molecule has 1 heterocycles. The number of halogens is 1. The summed E-state index contributed by atoms with van der Waals surface area (Å²) in [4.78, 5) is 8.43. The first-order valence-electron chi connectivity index (χ1n) is 9.35. The molecule has 0 spiro atoms. The predicted molar refractivity (Wildman–Crippen MR) is 122 cm³/mol. The van der Waals surface area contributed by atoms with Gasteiger partial charge in [-0.05, 0) is 82.7 Å². The number of rotatable bonds is 6. The number of aromatic amines is 1. The van der Waals surface area contributed by atoms with E-state index in [0.717, 1.165) is 55.6 Å². The van der Waals surface area contributed by atoms with E-state index in [0.29, 0.717) is 0 Å². The molecule has 0 saturated carbocycles. The Labute approximate surface area is 183 Å². The Morgan fingerprint density at radius 3 is 1.80 bits per heavy atom. The van der Waals surface area contributed by atoms with Crippen molar-refractivity contribution in [3.63, 3.8) is 0 Å². The number of ether oxygens (including phenoxy) is 3. The van der Waals surface area contributed by atoms with Gasteiger partial charge in [0.25, 0.3) is 0 Å². The van der Waals surface area contributed by atoms with Gasteiger partial charge in [-0.25, -0.2) is 4.98 Å². The molecule has 0 aliphatic heterocycles. The van der Waals surface area contributed by atoms with Gasteiger partial charge in [0.05, 0.1) is 37.2 Å². The van der Waals surface area contributed by atoms with Crippen molar-refractivity contribution in [2.24, 2.45) is 0 Å². The van der Waals surface area contributed by atoms with Gasteiger partial charge in [-0.1, -0.05) is 0 Å². The topological polar surface area (TPSA) is 56.4 Å². The van der Waals surface area contributed by atoms with Gasteiger partial charge in [0.15, 0.2) is 0 Å². The standard InChI is InChI=1S/C24H21BrN2O3/c1-28-18-9-4-15(5-10-18)22-23(16-6-11-19(29-2)12-7-16)27-24(26-22)17-8-13-21(30-3)20(25)14-17/h4-14H,1-3H3,(H,26,27). The van der Waals surface area contributed by atoms with Gasteiger partial charge in [0, 0.05) is 16.7 Å². The normalized spacial score (nSPS) is 10.7. The number of nitrogens with zero attached hydrogens (tertiary/aromatic N) is 1. The van der Waals surface area contributed by atoms with Crippen molar-refractivity contribution in [2.45, 2.75) is 0 Å². The first-order chi connectivity index (χ1) is 14.6. The van der Waals surface area contributed by atoms with Crippen molar-refractivity contribution in [2.75, 3.05) is 21.3 Å². The molecule has 0 saturated heterocycles. The van der Waals surface area contributed by atoms with Gasteiger partial charge in [-0.3, -0.25) is 0 Å². The minimum absolute atomic E-state index is 0.773. The number of imidazole rings is 1. The largest absolute Gasteiger partial charge is 0.497 e. The molecule has 0 atom stereocenters. The number of nitrogens with one attached hydrogen (secondary N) is 1. The van der Waals surface area contributed by atoms with Crippen molar-refractivity contribution in [1.82, 2.24) is 9.97 Å². The van der Waals surface area contributed by atoms with Crippen LogP contribution in [0.15, 0.2) is 71.2 Å². The lowest BCUT2D eigenvalue weighted by molar-refractivity contribution is 0.412. The summed E-state index contributed by atoms with van der Waals surface area (Å²) in [7, 11) is 4.97. The number of aromatic nitrogens is 2. The maximum absolute atomic E-state index is 5.35. The molecule has 0 fully saturated rings. The summed E-state index contributed by atoms with van der Waals surface area (Å²) in [6.07, 6.45) is 0. The zero-order chi connectivity index (χ0) is 21.1. The second-order valence-electron chi connectivity index (χ2n) is 6.62. The molecule has 0 aliphatic rings. The third-order valence-corrected chi connectivity index (χ3v) is 5.49. The molecule has 0 aliphatic carbocycles. The molecule has 152 valence electrons. The molecule has 4 aromatic rings. The SMILES string of the molecule is COc1ccc(-c2nc(-c3ccc(OC)c(Br)c3)[nH]c2-c2ccc(OC)cc2)cc1. The highest BCUT2D eigenvalue weighted by Gasteiger charge is 2.16. The van der Waals surface area contributed by atoms with E-state index in [1.54, 1.807) is 21.3 Å². The monoisotopic (exact) mass is 464 g/mol. The molecule has 1 N–H and O–H groups in total. The lowest BCUT2D eigenvalue weighted by Crippen LogP contribution is -1.87. The lowest BCUT2D eigenvalue weighted by atomic mass is 10.0. The highest BCUT2D eigenvalue weighted by atomic mass is 79.9. The number of methoxy groups -OCH3 is 3. The second kappa shape index (κ2) is 8.63. The summed E-state index contributed by atoms with van der Waals surface area (Å²) in [6, 6.07) is 21.7. The lowest BCUT2D eigenvalue weighted by Gasteiger charge is -2.06. The van der Waals surface area contributed by atoms with Crippen LogP contribution < -0.4 is 14.2 Å². The number of H-pyrrole nitrogens is 1. The molecule has 4 rings (SSSR count). The van der Waals surface area contributed by atoms with Gasteiger partial charge in [0.1, 0.15) is 23.1 Å². The molecule has 6 heteroatoms. The van der Waals surface area contributed by atoms with Gasteiger partial charge >= 0.3 is 0 Å².